The number of ether oxygens (including phenoxy) is 1. The van der Waals surface area contributed by atoms with Gasteiger partial charge in [-0.15, -0.1) is 5.10 Å². The van der Waals surface area contributed by atoms with Crippen LogP contribution < -0.4 is 15.4 Å². The molecule has 0 saturated carbocycles. The zero-order valence-electron chi connectivity index (χ0n) is 12.3. The molecule has 116 valence electrons. The van der Waals surface area contributed by atoms with E-state index >= 15 is 0 Å². The van der Waals surface area contributed by atoms with Crippen molar-refractivity contribution < 1.29 is 9.13 Å². The lowest BCUT2D eigenvalue weighted by molar-refractivity contribution is 0.415. The van der Waals surface area contributed by atoms with Crippen LogP contribution in [0.4, 0.5) is 27.5 Å². The summed E-state index contributed by atoms with van der Waals surface area (Å²) < 4.78 is 18.3. The molecule has 0 unspecified atom stereocenters. The summed E-state index contributed by atoms with van der Waals surface area (Å²) in [5.41, 5.74) is 1.39. The van der Waals surface area contributed by atoms with Crippen molar-refractivity contribution in [2.24, 2.45) is 0 Å². The third-order valence-electron chi connectivity index (χ3n) is 3.00. The van der Waals surface area contributed by atoms with Crippen LogP contribution in [0.2, 0.25) is 0 Å². The molecule has 3 aromatic rings. The minimum absolute atomic E-state index is 0.325. The Bertz CT molecular complexity index is 794. The van der Waals surface area contributed by atoms with Crippen LogP contribution in [-0.4, -0.2) is 22.3 Å². The first-order valence-electron chi connectivity index (χ1n) is 6.86. The van der Waals surface area contributed by atoms with Crippen LogP contribution in [0.15, 0.2) is 54.7 Å². The maximum absolute atomic E-state index is 13.2. The van der Waals surface area contributed by atoms with Crippen molar-refractivity contribution in [2.75, 3.05) is 17.7 Å². The zero-order chi connectivity index (χ0) is 16.1. The molecule has 1 aromatic heterocycles. The molecule has 0 saturated heterocycles. The lowest BCUT2D eigenvalue weighted by Gasteiger charge is -2.08. The van der Waals surface area contributed by atoms with E-state index in [2.05, 4.69) is 25.8 Å². The highest BCUT2D eigenvalue weighted by Crippen LogP contribution is 2.19. The molecule has 0 aliphatic heterocycles. The quantitative estimate of drug-likeness (QED) is 0.751. The molecule has 0 radical (unpaired) electrons. The fourth-order valence-corrected chi connectivity index (χ4v) is 1.93. The van der Waals surface area contributed by atoms with Crippen LogP contribution in [0.5, 0.6) is 5.75 Å². The Morgan fingerprint density at radius 2 is 1.83 bits per heavy atom. The van der Waals surface area contributed by atoms with E-state index in [4.69, 9.17) is 4.74 Å². The Hall–Kier alpha value is -3.22. The van der Waals surface area contributed by atoms with Crippen molar-refractivity contribution >= 4 is 23.1 Å². The first-order chi connectivity index (χ1) is 11.2. The molecule has 6 nitrogen and oxygen atoms in total. The summed E-state index contributed by atoms with van der Waals surface area (Å²) in [6, 6.07) is 13.4. The fourth-order valence-electron chi connectivity index (χ4n) is 1.93. The van der Waals surface area contributed by atoms with E-state index in [1.54, 1.807) is 19.2 Å². The van der Waals surface area contributed by atoms with E-state index in [1.165, 1.54) is 18.3 Å². The van der Waals surface area contributed by atoms with Crippen LogP contribution in [0, 0.1) is 5.82 Å². The van der Waals surface area contributed by atoms with Crippen molar-refractivity contribution in [3.8, 4) is 5.75 Å². The fraction of sp³-hybridized carbons (Fsp3) is 0.0625. The lowest BCUT2D eigenvalue weighted by Crippen LogP contribution is -2.02. The number of nitrogens with zero attached hydrogens (tertiary/aromatic N) is 3. The molecular weight excluding hydrogens is 297 g/mol. The highest BCUT2D eigenvalue weighted by Gasteiger charge is 2.03. The van der Waals surface area contributed by atoms with E-state index in [0.717, 1.165) is 11.4 Å². The van der Waals surface area contributed by atoms with Gasteiger partial charge in [-0.1, -0.05) is 6.07 Å². The average Bonchev–Trinajstić information content (AvgIpc) is 2.56. The van der Waals surface area contributed by atoms with Gasteiger partial charge in [-0.3, -0.25) is 0 Å². The summed E-state index contributed by atoms with van der Waals surface area (Å²) in [6.07, 6.45) is 1.46. The Morgan fingerprint density at radius 3 is 2.57 bits per heavy atom. The second-order valence-electron chi connectivity index (χ2n) is 4.65. The Balaban J connectivity index is 1.74. The maximum Gasteiger partial charge on any atom is 0.249 e. The van der Waals surface area contributed by atoms with Crippen molar-refractivity contribution in [1.82, 2.24) is 15.2 Å². The van der Waals surface area contributed by atoms with Gasteiger partial charge < -0.3 is 15.4 Å². The Morgan fingerprint density at radius 1 is 1.00 bits per heavy atom. The molecule has 0 spiro atoms. The average molecular weight is 311 g/mol. The molecular formula is C16H14FN5O. The van der Waals surface area contributed by atoms with Gasteiger partial charge in [-0.2, -0.15) is 10.1 Å². The van der Waals surface area contributed by atoms with Crippen LogP contribution in [-0.2, 0) is 0 Å². The van der Waals surface area contributed by atoms with E-state index in [0.29, 0.717) is 17.5 Å². The number of benzene rings is 2. The van der Waals surface area contributed by atoms with E-state index < -0.39 is 0 Å². The summed E-state index contributed by atoms with van der Waals surface area (Å²) >= 11 is 0. The second-order valence-corrected chi connectivity index (χ2v) is 4.65. The molecule has 0 aliphatic rings. The maximum atomic E-state index is 13.2. The van der Waals surface area contributed by atoms with Gasteiger partial charge in [0.15, 0.2) is 5.82 Å². The van der Waals surface area contributed by atoms with Gasteiger partial charge in [0.05, 0.1) is 13.3 Å². The van der Waals surface area contributed by atoms with Gasteiger partial charge in [0.2, 0.25) is 5.95 Å². The molecule has 3 rings (SSSR count). The van der Waals surface area contributed by atoms with Crippen molar-refractivity contribution in [1.29, 1.82) is 0 Å². The first kappa shape index (κ1) is 14.7. The number of halogens is 1. The lowest BCUT2D eigenvalue weighted by atomic mass is 10.3. The second kappa shape index (κ2) is 6.69. The Labute approximate surface area is 132 Å². The molecule has 1 heterocycles. The standard InChI is InChI=1S/C16H14FN5O/c1-23-14-7-5-12(6-8-14)20-16-21-15(10-18-22-16)19-13-4-2-3-11(17)9-13/h2-10H,1H3,(H2,19,20,21,22). The normalized spacial score (nSPS) is 10.2. The summed E-state index contributed by atoms with van der Waals surface area (Å²) in [4.78, 5) is 4.29. The zero-order valence-corrected chi connectivity index (χ0v) is 12.3. The van der Waals surface area contributed by atoms with Crippen molar-refractivity contribution in [3.63, 3.8) is 0 Å². The summed E-state index contributed by atoms with van der Waals surface area (Å²) in [5.74, 6) is 1.22. The van der Waals surface area contributed by atoms with E-state index in [1.807, 2.05) is 24.3 Å². The molecule has 0 fully saturated rings. The number of nitrogens with one attached hydrogen (secondary N) is 2. The highest BCUT2D eigenvalue weighted by molar-refractivity contribution is 5.58. The minimum Gasteiger partial charge on any atom is -0.497 e. The van der Waals surface area contributed by atoms with Crippen LogP contribution in [0.3, 0.4) is 0 Å². The molecule has 0 bridgehead atoms. The van der Waals surface area contributed by atoms with Crippen molar-refractivity contribution in [3.05, 3.63) is 60.5 Å². The highest BCUT2D eigenvalue weighted by atomic mass is 19.1. The van der Waals surface area contributed by atoms with Gasteiger partial charge in [0.25, 0.3) is 0 Å². The number of anilines is 4. The molecule has 2 aromatic carbocycles. The van der Waals surface area contributed by atoms with E-state index in [9.17, 15) is 4.39 Å². The largest absolute Gasteiger partial charge is 0.497 e. The van der Waals surface area contributed by atoms with Crippen LogP contribution >= 0.6 is 0 Å². The van der Waals surface area contributed by atoms with Crippen molar-refractivity contribution in [2.45, 2.75) is 0 Å². The third kappa shape index (κ3) is 3.91. The monoisotopic (exact) mass is 311 g/mol. The number of hydrogen-bond acceptors (Lipinski definition) is 6. The summed E-state index contributed by atoms with van der Waals surface area (Å²) in [5, 5.41) is 13.8. The molecule has 0 amide bonds. The SMILES string of the molecule is COc1ccc(Nc2nncc(Nc3cccc(F)c3)n2)cc1. The third-order valence-corrected chi connectivity index (χ3v) is 3.00. The number of methoxy groups -OCH3 is 1. The van der Waals surface area contributed by atoms with Gasteiger partial charge in [-0.25, -0.2) is 4.39 Å². The molecule has 0 atom stereocenters. The number of hydrogen-bond donors (Lipinski definition) is 2. The number of rotatable bonds is 5. The smallest absolute Gasteiger partial charge is 0.249 e. The van der Waals surface area contributed by atoms with Gasteiger partial charge in [0, 0.05) is 11.4 Å². The minimum atomic E-state index is -0.325. The topological polar surface area (TPSA) is 72.0 Å². The van der Waals surface area contributed by atoms with Gasteiger partial charge >= 0.3 is 0 Å². The molecule has 2 N–H and O–H groups in total. The summed E-state index contributed by atoms with van der Waals surface area (Å²) in [6.45, 7) is 0. The predicted molar refractivity (Wildman–Crippen MR) is 85.8 cm³/mol. The van der Waals surface area contributed by atoms with Gasteiger partial charge in [0.1, 0.15) is 11.6 Å². The molecule has 0 aliphatic carbocycles. The number of aromatic nitrogens is 3. The predicted octanol–water partition coefficient (Wildman–Crippen LogP) is 3.51. The van der Waals surface area contributed by atoms with Gasteiger partial charge in [-0.05, 0) is 42.5 Å². The first-order valence-corrected chi connectivity index (χ1v) is 6.86. The summed E-state index contributed by atoms with van der Waals surface area (Å²) in [7, 11) is 1.61. The Kier molecular flexibility index (Phi) is 4.28. The molecule has 7 heteroatoms. The van der Waals surface area contributed by atoms with Crippen LogP contribution in [0.1, 0.15) is 0 Å². The van der Waals surface area contributed by atoms with E-state index in [-0.39, 0.29) is 5.82 Å². The molecule has 23 heavy (non-hydrogen) atoms. The van der Waals surface area contributed by atoms with Crippen LogP contribution in [0.25, 0.3) is 0 Å².